The Morgan fingerprint density at radius 2 is 1.70 bits per heavy atom. The Bertz CT molecular complexity index is 1960. The van der Waals surface area contributed by atoms with Gasteiger partial charge in [0.05, 0.1) is 40.1 Å². The number of alkyl halides is 1. The first-order valence-electron chi connectivity index (χ1n) is 18.7. The van der Waals surface area contributed by atoms with Crippen LogP contribution in [0.3, 0.4) is 0 Å². The molecule has 6 rings (SSSR count). The van der Waals surface area contributed by atoms with E-state index >= 15 is 0 Å². The molecule has 9 nitrogen and oxygen atoms in total. The number of piperidine rings is 1. The molecule has 4 aromatic rings. The SMILES string of the molecule is COc1cc(COC[C@](CCCN2CCC3(CC2)c2ccccc2C[S+]3[O-])(c2ccc(Cl)c(CI)c2)N(C)C(=O)NCc2ccccc2F)cc(OC)c1OC. The first kappa shape index (κ1) is 42.3. The molecule has 2 atom stereocenters. The van der Waals surface area contributed by atoms with Crippen LogP contribution in [0.25, 0.3) is 0 Å². The molecule has 1 spiro atoms. The van der Waals surface area contributed by atoms with Crippen LogP contribution in [0.2, 0.25) is 5.02 Å². The van der Waals surface area contributed by atoms with Crippen molar-refractivity contribution < 1.29 is 32.7 Å². The molecular formula is C43H50ClFIN3O6S. The highest BCUT2D eigenvalue weighted by Gasteiger charge is 2.52. The second-order valence-corrected chi connectivity index (χ2v) is 17.3. The zero-order valence-corrected chi connectivity index (χ0v) is 36.1. The van der Waals surface area contributed by atoms with Crippen LogP contribution in [0.5, 0.6) is 17.2 Å². The fourth-order valence-corrected chi connectivity index (χ4v) is 11.1. The number of carbonyl (C=O) groups is 1. The standard InChI is InChI=1S/C43H50ClFIN3O6S/c1-48(41(50)47-26-31-10-6-8-13-37(31)45)42(34-14-15-36(44)33(24-34)25-46,29-55-27-30-22-38(52-2)40(54-4)39(23-30)53-3)16-9-19-49-20-17-43(18-21-49)35-12-7-5-11-32(35)28-56(43)51/h5-8,10-15,22-24H,9,16-21,25-29H2,1-4H3,(H,47,50)/t42-,56?/m1/s1. The average Bonchev–Trinajstić information content (AvgIpc) is 3.49. The number of likely N-dealkylation sites (N-methyl/N-ethyl adjacent to an activating group) is 1. The van der Waals surface area contributed by atoms with Crippen molar-refractivity contribution in [1.82, 2.24) is 15.1 Å². The number of fused-ring (bicyclic) bond motifs is 2. The topological polar surface area (TPSA) is 95.6 Å². The summed E-state index contributed by atoms with van der Waals surface area (Å²) in [6.45, 7) is 2.83. The molecule has 2 amide bonds. The van der Waals surface area contributed by atoms with Gasteiger partial charge in [-0.1, -0.05) is 88.8 Å². The van der Waals surface area contributed by atoms with Gasteiger partial charge in [0.2, 0.25) is 5.75 Å². The zero-order valence-electron chi connectivity index (χ0n) is 32.4. The van der Waals surface area contributed by atoms with E-state index in [4.69, 9.17) is 30.5 Å². The molecule has 0 aliphatic carbocycles. The van der Waals surface area contributed by atoms with E-state index in [0.717, 1.165) is 55.6 Å². The van der Waals surface area contributed by atoms with Gasteiger partial charge in [0.25, 0.3) is 0 Å². The molecular weight excluding hydrogens is 868 g/mol. The number of methoxy groups -OCH3 is 3. The Hall–Kier alpha value is -3.27. The highest BCUT2D eigenvalue weighted by Crippen LogP contribution is 2.49. The second kappa shape index (κ2) is 19.0. The van der Waals surface area contributed by atoms with Crippen LogP contribution < -0.4 is 19.5 Å². The molecule has 0 bridgehead atoms. The minimum atomic E-state index is -0.950. The van der Waals surface area contributed by atoms with E-state index in [1.165, 1.54) is 17.2 Å². The van der Waals surface area contributed by atoms with Crippen molar-refractivity contribution in [2.45, 2.75) is 59.3 Å². The second-order valence-electron chi connectivity index (χ2n) is 14.4. The van der Waals surface area contributed by atoms with Crippen molar-refractivity contribution in [3.8, 4) is 17.2 Å². The Morgan fingerprint density at radius 3 is 2.38 bits per heavy atom. The Labute approximate surface area is 351 Å². The summed E-state index contributed by atoms with van der Waals surface area (Å²) in [5.41, 5.74) is 4.54. The van der Waals surface area contributed by atoms with Gasteiger partial charge in [0.15, 0.2) is 16.2 Å². The average molecular weight is 918 g/mol. The van der Waals surface area contributed by atoms with Crippen LogP contribution in [0.1, 0.15) is 59.1 Å². The van der Waals surface area contributed by atoms with Crippen LogP contribution in [-0.2, 0) is 49.5 Å². The molecule has 2 aliphatic rings. The fraction of sp³-hybridized carbons (Fsp3) is 0.419. The lowest BCUT2D eigenvalue weighted by Crippen LogP contribution is -2.54. The molecule has 2 aliphatic heterocycles. The summed E-state index contributed by atoms with van der Waals surface area (Å²) < 4.78 is 51.8. The van der Waals surface area contributed by atoms with Gasteiger partial charge in [0, 0.05) is 65.7 Å². The Kier molecular flexibility index (Phi) is 14.4. The number of likely N-dealkylation sites (tertiary alicyclic amines) is 1. The summed E-state index contributed by atoms with van der Waals surface area (Å²) in [6, 6.07) is 24.0. The van der Waals surface area contributed by atoms with Gasteiger partial charge >= 0.3 is 6.03 Å². The molecule has 1 unspecified atom stereocenters. The van der Waals surface area contributed by atoms with Crippen molar-refractivity contribution in [2.24, 2.45) is 0 Å². The summed E-state index contributed by atoms with van der Waals surface area (Å²) in [7, 11) is 6.47. The fourth-order valence-electron chi connectivity index (χ4n) is 8.13. The maximum atomic E-state index is 14.6. The summed E-state index contributed by atoms with van der Waals surface area (Å²) in [5.74, 6) is 1.75. The third kappa shape index (κ3) is 8.90. The Morgan fingerprint density at radius 1 is 1.00 bits per heavy atom. The predicted octanol–water partition coefficient (Wildman–Crippen LogP) is 8.73. The van der Waals surface area contributed by atoms with Crippen LogP contribution in [0.4, 0.5) is 9.18 Å². The molecule has 13 heteroatoms. The molecule has 2 heterocycles. The third-order valence-electron chi connectivity index (χ3n) is 11.4. The minimum Gasteiger partial charge on any atom is -0.615 e. The summed E-state index contributed by atoms with van der Waals surface area (Å²) in [6.07, 6.45) is 2.99. The van der Waals surface area contributed by atoms with Gasteiger partial charge in [-0.15, -0.1) is 0 Å². The number of amides is 2. The zero-order chi connectivity index (χ0) is 39.9. The number of urea groups is 1. The van der Waals surface area contributed by atoms with E-state index in [9.17, 15) is 13.7 Å². The number of benzene rings is 4. The van der Waals surface area contributed by atoms with E-state index < -0.39 is 16.7 Å². The summed E-state index contributed by atoms with van der Waals surface area (Å²) >= 11 is 8.02. The van der Waals surface area contributed by atoms with E-state index in [2.05, 4.69) is 57.1 Å². The number of nitrogens with one attached hydrogen (secondary N) is 1. The lowest BCUT2D eigenvalue weighted by atomic mass is 9.83. The van der Waals surface area contributed by atoms with Gasteiger partial charge in [-0.3, -0.25) is 0 Å². The highest BCUT2D eigenvalue weighted by atomic mass is 127. The lowest BCUT2D eigenvalue weighted by Gasteiger charge is -2.43. The third-order valence-corrected chi connectivity index (χ3v) is 14.6. The van der Waals surface area contributed by atoms with Gasteiger partial charge in [-0.25, -0.2) is 9.18 Å². The molecule has 56 heavy (non-hydrogen) atoms. The van der Waals surface area contributed by atoms with Crippen molar-refractivity contribution in [3.63, 3.8) is 0 Å². The highest BCUT2D eigenvalue weighted by molar-refractivity contribution is 14.1. The number of hydrogen-bond acceptors (Lipinski definition) is 7. The predicted molar refractivity (Wildman–Crippen MR) is 228 cm³/mol. The monoisotopic (exact) mass is 917 g/mol. The van der Waals surface area contributed by atoms with E-state index in [1.54, 1.807) is 51.5 Å². The van der Waals surface area contributed by atoms with Crippen LogP contribution in [0.15, 0.2) is 78.9 Å². The van der Waals surface area contributed by atoms with Gasteiger partial charge < -0.3 is 38.6 Å². The van der Waals surface area contributed by atoms with Crippen molar-refractivity contribution in [2.75, 3.05) is 54.6 Å². The van der Waals surface area contributed by atoms with Crippen LogP contribution >= 0.6 is 34.2 Å². The number of halogens is 3. The molecule has 1 fully saturated rings. The largest absolute Gasteiger partial charge is 0.615 e. The smallest absolute Gasteiger partial charge is 0.318 e. The molecule has 1 saturated heterocycles. The maximum absolute atomic E-state index is 14.6. The molecule has 4 aromatic carbocycles. The number of carbonyl (C=O) groups excluding carboxylic acids is 1. The van der Waals surface area contributed by atoms with E-state index in [0.29, 0.717) is 44.4 Å². The molecule has 0 radical (unpaired) electrons. The number of rotatable bonds is 16. The Balaban J connectivity index is 1.27. The molecule has 1 N–H and O–H groups in total. The normalized spacial score (nSPS) is 17.2. The summed E-state index contributed by atoms with van der Waals surface area (Å²) in [4.78, 5) is 18.3. The first-order chi connectivity index (χ1) is 27.1. The minimum absolute atomic E-state index is 0.0257. The van der Waals surface area contributed by atoms with Gasteiger partial charge in [-0.2, -0.15) is 0 Å². The first-order valence-corrected chi connectivity index (χ1v) is 22.0. The number of ether oxygens (including phenoxy) is 4. The van der Waals surface area contributed by atoms with Gasteiger partial charge in [-0.05, 0) is 71.5 Å². The van der Waals surface area contributed by atoms with Gasteiger partial charge in [0.1, 0.15) is 11.6 Å². The number of hydrogen-bond donors (Lipinski definition) is 1. The summed E-state index contributed by atoms with van der Waals surface area (Å²) in [5, 5.41) is 3.61. The van der Waals surface area contributed by atoms with Crippen molar-refractivity contribution in [1.29, 1.82) is 0 Å². The van der Waals surface area contributed by atoms with Crippen LogP contribution in [0, 0.1) is 5.82 Å². The van der Waals surface area contributed by atoms with Crippen LogP contribution in [-0.4, -0.2) is 75.0 Å². The molecule has 0 saturated carbocycles. The lowest BCUT2D eigenvalue weighted by molar-refractivity contribution is 0.00239. The quantitative estimate of drug-likeness (QED) is 0.0683. The van der Waals surface area contributed by atoms with Crippen molar-refractivity contribution >= 4 is 51.4 Å². The van der Waals surface area contributed by atoms with E-state index in [1.807, 2.05) is 30.3 Å². The number of nitrogens with zero attached hydrogens (tertiary/aromatic N) is 2. The van der Waals surface area contributed by atoms with Crippen molar-refractivity contribution in [3.05, 3.63) is 123 Å². The molecule has 0 aromatic heterocycles. The molecule has 300 valence electrons. The maximum Gasteiger partial charge on any atom is 0.318 e. The van der Waals surface area contributed by atoms with E-state index in [-0.39, 0.29) is 36.4 Å².